The predicted molar refractivity (Wildman–Crippen MR) is 56.1 cm³/mol. The molecule has 66 valence electrons. The maximum Gasteiger partial charge on any atom is 0.101 e. The Kier molecular flexibility index (Phi) is 2.13. The number of rotatable bonds is 1. The van der Waals surface area contributed by atoms with Crippen LogP contribution in [0, 0.1) is 5.92 Å². The molecule has 13 heavy (non-hydrogen) atoms. The summed E-state index contributed by atoms with van der Waals surface area (Å²) in [6.07, 6.45) is 3.71. The van der Waals surface area contributed by atoms with E-state index in [-0.39, 0.29) is 0 Å². The molecule has 0 fully saturated rings. The van der Waals surface area contributed by atoms with Crippen LogP contribution in [0.2, 0.25) is 0 Å². The second kappa shape index (κ2) is 3.29. The molecule has 0 atom stereocenters. The van der Waals surface area contributed by atoms with Gasteiger partial charge < -0.3 is 0 Å². The normalized spacial score (nSPS) is 14.2. The van der Waals surface area contributed by atoms with Gasteiger partial charge in [0.05, 0.1) is 16.2 Å². The highest BCUT2D eigenvalue weighted by Crippen LogP contribution is 2.09. The SMILES string of the molecule is CC(C)C1=c2scnc2=CN=C=C1. The van der Waals surface area contributed by atoms with Crippen LogP contribution in [-0.2, 0) is 0 Å². The van der Waals surface area contributed by atoms with Crippen molar-refractivity contribution >= 4 is 29.0 Å². The van der Waals surface area contributed by atoms with Gasteiger partial charge in [-0.25, -0.2) is 9.98 Å². The lowest BCUT2D eigenvalue weighted by molar-refractivity contribution is 0.858. The molecule has 0 aromatic carbocycles. The molecule has 0 aliphatic carbocycles. The van der Waals surface area contributed by atoms with E-state index in [4.69, 9.17) is 0 Å². The fourth-order valence-electron chi connectivity index (χ4n) is 1.26. The van der Waals surface area contributed by atoms with E-state index in [1.54, 1.807) is 17.5 Å². The van der Waals surface area contributed by atoms with Gasteiger partial charge in [0.15, 0.2) is 0 Å². The number of fused-ring (bicyclic) bond motifs is 1. The summed E-state index contributed by atoms with van der Waals surface area (Å²) < 4.78 is 1.23. The van der Waals surface area contributed by atoms with E-state index < -0.39 is 0 Å². The van der Waals surface area contributed by atoms with Gasteiger partial charge in [0.2, 0.25) is 0 Å². The number of hydrogen-bond acceptors (Lipinski definition) is 3. The summed E-state index contributed by atoms with van der Waals surface area (Å²) in [5, 5.41) is 0.968. The largest absolute Gasteiger partial charge is 0.243 e. The highest BCUT2D eigenvalue weighted by atomic mass is 32.1. The molecule has 0 spiro atoms. The van der Waals surface area contributed by atoms with E-state index in [0.717, 1.165) is 5.35 Å². The van der Waals surface area contributed by atoms with Gasteiger partial charge >= 0.3 is 0 Å². The number of aliphatic imine (C=N–C) groups is 1. The number of nitrogens with zero attached hydrogens (tertiary/aromatic N) is 2. The van der Waals surface area contributed by atoms with E-state index in [2.05, 4.69) is 29.7 Å². The molecule has 0 N–H and O–H groups in total. The van der Waals surface area contributed by atoms with Gasteiger partial charge in [-0.2, -0.15) is 0 Å². The van der Waals surface area contributed by atoms with Crippen molar-refractivity contribution in [2.75, 3.05) is 0 Å². The predicted octanol–water partition coefficient (Wildman–Crippen LogP) is 0.927. The lowest BCUT2D eigenvalue weighted by Gasteiger charge is -2.01. The molecule has 1 aliphatic heterocycles. The van der Waals surface area contributed by atoms with Crippen LogP contribution in [0.3, 0.4) is 0 Å². The Balaban J connectivity index is 2.85. The van der Waals surface area contributed by atoms with Crippen molar-refractivity contribution < 1.29 is 0 Å². The molecule has 2 nitrogen and oxygen atoms in total. The molecule has 3 heteroatoms. The number of hydrogen-bond donors (Lipinski definition) is 0. The second-order valence-electron chi connectivity index (χ2n) is 3.21. The Morgan fingerprint density at radius 3 is 3.08 bits per heavy atom. The summed E-state index contributed by atoms with van der Waals surface area (Å²) in [5.41, 5.74) is 3.13. The van der Waals surface area contributed by atoms with Gasteiger partial charge in [0.25, 0.3) is 0 Å². The van der Waals surface area contributed by atoms with Gasteiger partial charge in [-0.05, 0) is 17.4 Å². The van der Waals surface area contributed by atoms with Gasteiger partial charge in [-0.3, -0.25) is 0 Å². The molecule has 0 amide bonds. The van der Waals surface area contributed by atoms with E-state index in [9.17, 15) is 0 Å². The molecule has 2 rings (SSSR count). The van der Waals surface area contributed by atoms with Gasteiger partial charge in [0.1, 0.15) is 5.35 Å². The molecule has 1 aromatic rings. The smallest absolute Gasteiger partial charge is 0.101 e. The van der Waals surface area contributed by atoms with E-state index >= 15 is 0 Å². The summed E-state index contributed by atoms with van der Waals surface area (Å²) in [6.45, 7) is 4.34. The Bertz CT molecular complexity index is 487. The van der Waals surface area contributed by atoms with E-state index in [1.807, 2.05) is 11.6 Å². The highest BCUT2D eigenvalue weighted by Gasteiger charge is 2.04. The van der Waals surface area contributed by atoms with Crippen LogP contribution in [0.25, 0.3) is 11.8 Å². The summed E-state index contributed by atoms with van der Waals surface area (Å²) in [7, 11) is 0. The molecule has 0 saturated heterocycles. The minimum atomic E-state index is 0.494. The molecule has 0 saturated carbocycles. The number of allylic oxidation sites excluding steroid dienone is 1. The van der Waals surface area contributed by atoms with Crippen molar-refractivity contribution in [3.8, 4) is 0 Å². The minimum absolute atomic E-state index is 0.494. The Morgan fingerprint density at radius 2 is 2.31 bits per heavy atom. The van der Waals surface area contributed by atoms with Crippen molar-refractivity contribution in [2.45, 2.75) is 13.8 Å². The zero-order chi connectivity index (χ0) is 9.26. The van der Waals surface area contributed by atoms with E-state index in [1.165, 1.54) is 10.1 Å². The van der Waals surface area contributed by atoms with Crippen molar-refractivity contribution in [3.05, 3.63) is 21.5 Å². The fraction of sp³-hybridized carbons (Fsp3) is 0.300. The second-order valence-corrected chi connectivity index (χ2v) is 4.06. The first-order chi connectivity index (χ1) is 6.29. The van der Waals surface area contributed by atoms with Crippen molar-refractivity contribution in [1.29, 1.82) is 0 Å². The quantitative estimate of drug-likeness (QED) is 0.646. The van der Waals surface area contributed by atoms with Gasteiger partial charge in [0, 0.05) is 6.08 Å². The van der Waals surface area contributed by atoms with Gasteiger partial charge in [-0.15, -0.1) is 11.3 Å². The molecule has 0 unspecified atom stereocenters. The third-order valence-corrected chi connectivity index (χ3v) is 2.85. The van der Waals surface area contributed by atoms with Crippen LogP contribution >= 0.6 is 11.3 Å². The summed E-state index contributed by atoms with van der Waals surface area (Å²) in [5.74, 6) is 3.38. The lowest BCUT2D eigenvalue weighted by Crippen LogP contribution is -2.23. The first-order valence-corrected chi connectivity index (χ1v) is 5.09. The maximum absolute atomic E-state index is 4.24. The average Bonchev–Trinajstić information content (AvgIpc) is 2.44. The molecular weight excluding hydrogens is 180 g/mol. The molecule has 0 radical (unpaired) electrons. The maximum atomic E-state index is 4.24. The number of aromatic nitrogens is 1. The monoisotopic (exact) mass is 190 g/mol. The van der Waals surface area contributed by atoms with E-state index in [0.29, 0.717) is 5.92 Å². The molecular formula is C10H10N2S. The standard InChI is InChI=1S/C10H10N2S/c1-7(2)8-3-4-11-5-9-10(8)13-6-12-9/h3,5-7H,1-2H3. The lowest BCUT2D eigenvalue weighted by atomic mass is 10.0. The van der Waals surface area contributed by atoms with Crippen LogP contribution < -0.4 is 9.88 Å². The number of thiazole rings is 1. The van der Waals surface area contributed by atoms with Crippen LogP contribution in [0.4, 0.5) is 0 Å². The zero-order valence-electron chi connectivity index (χ0n) is 7.61. The highest BCUT2D eigenvalue weighted by molar-refractivity contribution is 7.07. The minimum Gasteiger partial charge on any atom is -0.243 e. The summed E-state index contributed by atoms with van der Waals surface area (Å²) >= 11 is 1.66. The molecule has 0 bridgehead atoms. The Hall–Kier alpha value is -1.18. The van der Waals surface area contributed by atoms with Crippen LogP contribution in [0.15, 0.2) is 16.6 Å². The van der Waals surface area contributed by atoms with Crippen LogP contribution in [0.5, 0.6) is 0 Å². The first-order valence-electron chi connectivity index (χ1n) is 4.21. The van der Waals surface area contributed by atoms with Crippen molar-refractivity contribution in [3.63, 3.8) is 0 Å². The summed E-state index contributed by atoms with van der Waals surface area (Å²) in [6, 6.07) is 0. The van der Waals surface area contributed by atoms with Gasteiger partial charge in [-0.1, -0.05) is 13.8 Å². The van der Waals surface area contributed by atoms with Crippen molar-refractivity contribution in [2.24, 2.45) is 10.9 Å². The van der Waals surface area contributed by atoms with Crippen molar-refractivity contribution in [1.82, 2.24) is 4.98 Å². The molecule has 1 aliphatic rings. The average molecular weight is 190 g/mol. The summed E-state index contributed by atoms with van der Waals surface area (Å²) in [4.78, 5) is 8.25. The van der Waals surface area contributed by atoms with Crippen LogP contribution in [-0.4, -0.2) is 10.9 Å². The van der Waals surface area contributed by atoms with Crippen LogP contribution in [0.1, 0.15) is 13.8 Å². The Labute approximate surface area is 80.7 Å². The molecule has 2 heterocycles. The first kappa shape index (κ1) is 8.42. The zero-order valence-corrected chi connectivity index (χ0v) is 8.43. The third-order valence-electron chi connectivity index (χ3n) is 1.96. The third kappa shape index (κ3) is 1.48. The fourth-order valence-corrected chi connectivity index (χ4v) is 2.19. The molecule has 1 aromatic heterocycles. The Morgan fingerprint density at radius 1 is 1.46 bits per heavy atom. The topological polar surface area (TPSA) is 25.2 Å².